The molecule has 2 aliphatic heterocycles. The van der Waals surface area contributed by atoms with Gasteiger partial charge in [0.2, 0.25) is 5.78 Å². The SMILES string of the molecule is Cc1cc(O)c(C[NH+]2CC[NH+](CCO)CC2)c2c1C(=O)/C(=C/c1cccs1)O2. The third kappa shape index (κ3) is 3.71. The zero-order chi connectivity index (χ0) is 19.7. The van der Waals surface area contributed by atoms with Crippen molar-refractivity contribution in [1.29, 1.82) is 0 Å². The van der Waals surface area contributed by atoms with Crippen LogP contribution in [0.25, 0.3) is 6.08 Å². The highest BCUT2D eigenvalue weighted by Gasteiger charge is 2.35. The van der Waals surface area contributed by atoms with Gasteiger partial charge in [0.05, 0.1) is 17.7 Å². The van der Waals surface area contributed by atoms with Crippen molar-refractivity contribution < 1.29 is 29.5 Å². The van der Waals surface area contributed by atoms with Crippen LogP contribution in [0, 0.1) is 6.92 Å². The number of rotatable bonds is 5. The lowest BCUT2D eigenvalue weighted by Crippen LogP contribution is -3.27. The van der Waals surface area contributed by atoms with Crippen LogP contribution in [-0.2, 0) is 6.54 Å². The van der Waals surface area contributed by atoms with Crippen LogP contribution in [0.4, 0.5) is 0 Å². The van der Waals surface area contributed by atoms with E-state index < -0.39 is 0 Å². The van der Waals surface area contributed by atoms with Gasteiger partial charge in [-0.2, -0.15) is 0 Å². The fraction of sp³-hybridized carbons (Fsp3) is 0.381. The lowest BCUT2D eigenvalue weighted by Gasteiger charge is -2.29. The second-order valence-corrected chi connectivity index (χ2v) is 8.48. The van der Waals surface area contributed by atoms with Crippen LogP contribution in [0.15, 0.2) is 29.3 Å². The third-order valence-electron chi connectivity index (χ3n) is 5.59. The largest absolute Gasteiger partial charge is 0.507 e. The highest BCUT2D eigenvalue weighted by atomic mass is 32.1. The average Bonchev–Trinajstić information content (AvgIpc) is 3.29. The number of ether oxygens (including phenoxy) is 1. The third-order valence-corrected chi connectivity index (χ3v) is 6.41. The first-order chi connectivity index (χ1) is 13.6. The normalized spacial score (nSPS) is 23.1. The minimum atomic E-state index is -0.116. The first kappa shape index (κ1) is 19.1. The fourth-order valence-corrected chi connectivity index (χ4v) is 4.69. The van der Waals surface area contributed by atoms with Crippen molar-refractivity contribution in [3.05, 3.63) is 50.9 Å². The number of Topliss-reactive ketones (excluding diaryl/α,β-unsaturated/α-hetero) is 1. The van der Waals surface area contributed by atoms with Gasteiger partial charge in [0.15, 0.2) is 11.5 Å². The number of fused-ring (bicyclic) bond motifs is 1. The van der Waals surface area contributed by atoms with E-state index >= 15 is 0 Å². The van der Waals surface area contributed by atoms with Crippen LogP contribution < -0.4 is 14.5 Å². The number of aromatic hydroxyl groups is 1. The molecular formula is C21H26N2O4S+2. The molecule has 0 spiro atoms. The molecule has 28 heavy (non-hydrogen) atoms. The van der Waals surface area contributed by atoms with Crippen molar-refractivity contribution in [2.75, 3.05) is 39.3 Å². The van der Waals surface area contributed by atoms with Crippen LogP contribution in [0.2, 0.25) is 0 Å². The van der Waals surface area contributed by atoms with E-state index in [1.54, 1.807) is 23.5 Å². The number of piperazine rings is 1. The van der Waals surface area contributed by atoms with Crippen molar-refractivity contribution in [3.8, 4) is 11.5 Å². The van der Waals surface area contributed by atoms with E-state index in [0.29, 0.717) is 29.2 Å². The molecule has 0 saturated carbocycles. The summed E-state index contributed by atoms with van der Waals surface area (Å²) >= 11 is 1.55. The molecule has 1 aromatic carbocycles. The van der Waals surface area contributed by atoms with Crippen molar-refractivity contribution in [2.24, 2.45) is 0 Å². The quantitative estimate of drug-likeness (QED) is 0.516. The Kier molecular flexibility index (Phi) is 5.50. The summed E-state index contributed by atoms with van der Waals surface area (Å²) in [5.41, 5.74) is 2.02. The number of hydrogen-bond donors (Lipinski definition) is 4. The Balaban J connectivity index is 1.59. The number of aliphatic hydroxyl groups is 1. The molecular weight excluding hydrogens is 376 g/mol. The summed E-state index contributed by atoms with van der Waals surface area (Å²) in [7, 11) is 0. The highest BCUT2D eigenvalue weighted by Crippen LogP contribution is 2.41. The van der Waals surface area contributed by atoms with Gasteiger partial charge in [-0.25, -0.2) is 0 Å². The molecule has 0 aliphatic carbocycles. The summed E-state index contributed by atoms with van der Waals surface area (Å²) in [6.07, 6.45) is 1.77. The highest BCUT2D eigenvalue weighted by molar-refractivity contribution is 7.10. The molecule has 0 atom stereocenters. The first-order valence-electron chi connectivity index (χ1n) is 9.68. The van der Waals surface area contributed by atoms with Gasteiger partial charge in [0.25, 0.3) is 0 Å². The molecule has 0 radical (unpaired) electrons. The van der Waals surface area contributed by atoms with Gasteiger partial charge < -0.3 is 24.7 Å². The summed E-state index contributed by atoms with van der Waals surface area (Å²) in [5.74, 6) is 0.913. The molecule has 1 fully saturated rings. The second-order valence-electron chi connectivity index (χ2n) is 7.50. The maximum absolute atomic E-state index is 12.9. The summed E-state index contributed by atoms with van der Waals surface area (Å²) < 4.78 is 5.99. The Morgan fingerprint density at radius 2 is 2.00 bits per heavy atom. The zero-order valence-electron chi connectivity index (χ0n) is 16.0. The molecule has 6 nitrogen and oxygen atoms in total. The lowest BCUT2D eigenvalue weighted by molar-refractivity contribution is -1.02. The number of aryl methyl sites for hydroxylation is 1. The van der Waals surface area contributed by atoms with Gasteiger partial charge in [-0.05, 0) is 30.0 Å². The predicted molar refractivity (Wildman–Crippen MR) is 107 cm³/mol. The van der Waals surface area contributed by atoms with E-state index in [0.717, 1.165) is 43.2 Å². The average molecular weight is 403 g/mol. The Labute approximate surface area is 168 Å². The second kappa shape index (κ2) is 8.05. The van der Waals surface area contributed by atoms with E-state index in [4.69, 9.17) is 9.84 Å². The summed E-state index contributed by atoms with van der Waals surface area (Å²) in [5, 5.41) is 21.7. The number of benzene rings is 1. The molecule has 2 aliphatic rings. The molecule has 0 bridgehead atoms. The molecule has 3 heterocycles. The van der Waals surface area contributed by atoms with E-state index in [9.17, 15) is 9.90 Å². The van der Waals surface area contributed by atoms with Crippen LogP contribution >= 0.6 is 11.3 Å². The van der Waals surface area contributed by atoms with Gasteiger partial charge in [-0.15, -0.1) is 11.3 Å². The number of carbonyl (C=O) groups is 1. The Morgan fingerprint density at radius 1 is 1.25 bits per heavy atom. The van der Waals surface area contributed by atoms with Crippen LogP contribution in [-0.4, -0.2) is 55.3 Å². The molecule has 2 aromatic rings. The van der Waals surface area contributed by atoms with Gasteiger partial charge in [-0.3, -0.25) is 4.79 Å². The summed E-state index contributed by atoms with van der Waals surface area (Å²) in [6, 6.07) is 5.56. The number of nitrogens with one attached hydrogen (secondary N) is 2. The number of phenols is 1. The van der Waals surface area contributed by atoms with Crippen molar-refractivity contribution >= 4 is 23.2 Å². The fourth-order valence-electron chi connectivity index (χ4n) is 4.05. The monoisotopic (exact) mass is 402 g/mol. The number of carbonyl (C=O) groups excluding carboxylic acids is 1. The molecule has 1 saturated heterocycles. The minimum Gasteiger partial charge on any atom is -0.507 e. The lowest BCUT2D eigenvalue weighted by atomic mass is 9.99. The number of quaternary nitrogens is 2. The van der Waals surface area contributed by atoms with E-state index in [-0.39, 0.29) is 18.1 Å². The minimum absolute atomic E-state index is 0.116. The van der Waals surface area contributed by atoms with Gasteiger partial charge in [0.1, 0.15) is 45.0 Å². The standard InChI is InChI=1S/C21H24N2O4S/c1-14-11-17(25)16(13-23-6-4-22(5-7-23)8-9-24)21-19(14)20(26)18(27-21)12-15-3-2-10-28-15/h2-3,10-12,24-25H,4-9,13H2,1H3/p+2/b18-12-. The van der Waals surface area contributed by atoms with Crippen LogP contribution in [0.3, 0.4) is 0 Å². The van der Waals surface area contributed by atoms with Crippen LogP contribution in [0.1, 0.15) is 26.4 Å². The predicted octanol–water partition coefficient (Wildman–Crippen LogP) is -0.346. The van der Waals surface area contributed by atoms with Crippen molar-refractivity contribution in [2.45, 2.75) is 13.5 Å². The van der Waals surface area contributed by atoms with Crippen LogP contribution in [0.5, 0.6) is 11.5 Å². The molecule has 0 amide bonds. The van der Waals surface area contributed by atoms with E-state index in [2.05, 4.69) is 0 Å². The Hall–Kier alpha value is -2.19. The maximum Gasteiger partial charge on any atom is 0.232 e. The molecule has 1 aromatic heterocycles. The van der Waals surface area contributed by atoms with Gasteiger partial charge in [-0.1, -0.05) is 6.07 Å². The molecule has 0 unspecified atom stereocenters. The molecule has 4 N–H and O–H groups in total. The molecule has 148 valence electrons. The smallest absolute Gasteiger partial charge is 0.232 e. The number of ketones is 1. The number of aliphatic hydroxyl groups excluding tert-OH is 1. The van der Waals surface area contributed by atoms with Crippen molar-refractivity contribution in [1.82, 2.24) is 0 Å². The zero-order valence-corrected chi connectivity index (χ0v) is 16.8. The summed E-state index contributed by atoms with van der Waals surface area (Å²) in [6.45, 7) is 7.37. The number of hydrogen-bond acceptors (Lipinski definition) is 5. The number of phenolic OH excluding ortho intramolecular Hbond substituents is 1. The summed E-state index contributed by atoms with van der Waals surface area (Å²) in [4.78, 5) is 16.6. The Morgan fingerprint density at radius 3 is 2.68 bits per heavy atom. The number of allylic oxidation sites excluding steroid dienone is 1. The first-order valence-corrected chi connectivity index (χ1v) is 10.6. The van der Waals surface area contributed by atoms with E-state index in [1.165, 1.54) is 9.80 Å². The maximum atomic E-state index is 12.9. The number of thiophene rings is 1. The van der Waals surface area contributed by atoms with E-state index in [1.807, 2.05) is 24.4 Å². The van der Waals surface area contributed by atoms with Crippen molar-refractivity contribution in [3.63, 3.8) is 0 Å². The molecule has 4 rings (SSSR count). The van der Waals surface area contributed by atoms with Gasteiger partial charge in [0, 0.05) is 11.0 Å². The Bertz CT molecular complexity index is 900. The van der Waals surface area contributed by atoms with Gasteiger partial charge >= 0.3 is 0 Å². The topological polar surface area (TPSA) is 75.6 Å². The molecule has 7 heteroatoms.